The van der Waals surface area contributed by atoms with E-state index in [1.807, 2.05) is 54.6 Å². The molecule has 3 aromatic carbocycles. The van der Waals surface area contributed by atoms with Crippen molar-refractivity contribution in [3.8, 4) is 0 Å². The molecule has 5 nitrogen and oxygen atoms in total. The first-order valence-electron chi connectivity index (χ1n) is 11.2. The number of carboxylic acids is 1. The maximum absolute atomic E-state index is 13.6. The van der Waals surface area contributed by atoms with Crippen molar-refractivity contribution < 1.29 is 19.5 Å². The van der Waals surface area contributed by atoms with E-state index in [9.17, 15) is 19.5 Å². The molecule has 0 aromatic heterocycles. The van der Waals surface area contributed by atoms with E-state index in [1.165, 1.54) is 12.1 Å². The number of halogens is 1. The summed E-state index contributed by atoms with van der Waals surface area (Å²) in [4.78, 5) is 40.3. The van der Waals surface area contributed by atoms with Crippen molar-refractivity contribution in [1.82, 2.24) is 0 Å². The van der Waals surface area contributed by atoms with Crippen LogP contribution in [-0.2, 0) is 9.59 Å². The van der Waals surface area contributed by atoms with Gasteiger partial charge in [-0.05, 0) is 53.8 Å². The Hall–Kier alpha value is -3.51. The normalized spacial score (nSPS) is 20.3. The molecule has 34 heavy (non-hydrogen) atoms. The predicted octanol–water partition coefficient (Wildman–Crippen LogP) is 6.07. The average Bonchev–Trinajstić information content (AvgIpc) is 2.84. The lowest BCUT2D eigenvalue weighted by molar-refractivity contribution is -0.120. The summed E-state index contributed by atoms with van der Waals surface area (Å²) < 4.78 is 0.929. The van der Waals surface area contributed by atoms with E-state index < -0.39 is 5.97 Å². The standard InChI is InChI=1S/C28H22BrNO4/c29-21-11-9-18(10-12-21)23-16-26(32)30(22-8-4-7-19(13-22)28(33)34)24-14-20(15-25(31)27(23)24)17-5-2-1-3-6-17/h1-13,20,23H,14-16H2,(H,33,34). The summed E-state index contributed by atoms with van der Waals surface area (Å²) in [6.07, 6.45) is 1.06. The molecule has 1 aliphatic heterocycles. The van der Waals surface area contributed by atoms with Crippen molar-refractivity contribution in [2.24, 2.45) is 0 Å². The number of aromatic carboxylic acids is 1. The van der Waals surface area contributed by atoms with E-state index >= 15 is 0 Å². The number of nitrogens with zero attached hydrogens (tertiary/aromatic N) is 1. The third-order valence-electron chi connectivity index (χ3n) is 6.62. The predicted molar refractivity (Wildman–Crippen MR) is 133 cm³/mol. The molecule has 0 radical (unpaired) electrons. The summed E-state index contributed by atoms with van der Waals surface area (Å²) in [6.45, 7) is 0. The van der Waals surface area contributed by atoms with E-state index in [0.717, 1.165) is 15.6 Å². The van der Waals surface area contributed by atoms with E-state index in [4.69, 9.17) is 0 Å². The third-order valence-corrected chi connectivity index (χ3v) is 7.15. The Balaban J connectivity index is 1.66. The second-order valence-corrected chi connectivity index (χ2v) is 9.61. The number of carboxylic acid groups (broad SMARTS) is 1. The molecule has 1 aliphatic carbocycles. The molecule has 1 amide bonds. The SMILES string of the molecule is O=C1CC(c2ccccc2)CC2=C1C(c1ccc(Br)cc1)CC(=O)N2c1cccc(C(=O)O)c1. The van der Waals surface area contributed by atoms with Crippen LogP contribution in [0.15, 0.2) is 94.6 Å². The summed E-state index contributed by atoms with van der Waals surface area (Å²) in [5, 5.41) is 9.48. The maximum Gasteiger partial charge on any atom is 0.335 e. The lowest BCUT2D eigenvalue weighted by atomic mass is 9.72. The molecule has 170 valence electrons. The molecule has 0 spiro atoms. The number of allylic oxidation sites excluding steroid dienone is 2. The quantitative estimate of drug-likeness (QED) is 0.457. The smallest absolute Gasteiger partial charge is 0.335 e. The van der Waals surface area contributed by atoms with Crippen LogP contribution < -0.4 is 4.90 Å². The minimum absolute atomic E-state index is 0.0370. The Morgan fingerprint density at radius 2 is 1.59 bits per heavy atom. The van der Waals surface area contributed by atoms with Crippen molar-refractivity contribution in [3.63, 3.8) is 0 Å². The van der Waals surface area contributed by atoms with Crippen LogP contribution in [0.2, 0.25) is 0 Å². The van der Waals surface area contributed by atoms with Gasteiger partial charge in [0.1, 0.15) is 0 Å². The molecule has 3 aromatic rings. The van der Waals surface area contributed by atoms with Crippen LogP contribution in [-0.4, -0.2) is 22.8 Å². The molecular weight excluding hydrogens is 494 g/mol. The van der Waals surface area contributed by atoms with E-state index in [2.05, 4.69) is 15.9 Å². The van der Waals surface area contributed by atoms with Gasteiger partial charge in [0.05, 0.1) is 5.56 Å². The fraction of sp³-hybridized carbons (Fsp3) is 0.179. The Morgan fingerprint density at radius 1 is 0.853 bits per heavy atom. The van der Waals surface area contributed by atoms with Crippen molar-refractivity contribution in [1.29, 1.82) is 0 Å². The highest BCUT2D eigenvalue weighted by Crippen LogP contribution is 2.47. The Bertz CT molecular complexity index is 1310. The Labute approximate surface area is 205 Å². The number of amides is 1. The van der Waals surface area contributed by atoms with Crippen molar-refractivity contribution in [3.05, 3.63) is 111 Å². The minimum Gasteiger partial charge on any atom is -0.478 e. The van der Waals surface area contributed by atoms with Gasteiger partial charge < -0.3 is 5.11 Å². The molecule has 5 rings (SSSR count). The summed E-state index contributed by atoms with van der Waals surface area (Å²) in [5.41, 5.74) is 3.90. The summed E-state index contributed by atoms with van der Waals surface area (Å²) >= 11 is 3.45. The molecule has 1 N–H and O–H groups in total. The van der Waals surface area contributed by atoms with Crippen LogP contribution in [0, 0.1) is 0 Å². The van der Waals surface area contributed by atoms with Crippen LogP contribution in [0.4, 0.5) is 5.69 Å². The minimum atomic E-state index is -1.06. The van der Waals surface area contributed by atoms with Gasteiger partial charge in [0, 0.05) is 40.2 Å². The van der Waals surface area contributed by atoms with Gasteiger partial charge in [-0.1, -0.05) is 64.5 Å². The average molecular weight is 516 g/mol. The zero-order chi connectivity index (χ0) is 23.8. The molecule has 0 saturated carbocycles. The summed E-state index contributed by atoms with van der Waals surface area (Å²) in [5.74, 6) is -1.53. The highest BCUT2D eigenvalue weighted by Gasteiger charge is 2.42. The van der Waals surface area contributed by atoms with Gasteiger partial charge >= 0.3 is 5.97 Å². The summed E-state index contributed by atoms with van der Waals surface area (Å²) in [7, 11) is 0. The molecule has 0 saturated heterocycles. The van der Waals surface area contributed by atoms with Gasteiger partial charge in [0.25, 0.3) is 0 Å². The number of hydrogen-bond acceptors (Lipinski definition) is 3. The molecule has 0 fully saturated rings. The monoisotopic (exact) mass is 515 g/mol. The van der Waals surface area contributed by atoms with Gasteiger partial charge in [0.15, 0.2) is 5.78 Å². The Morgan fingerprint density at radius 3 is 2.29 bits per heavy atom. The Kier molecular flexibility index (Phi) is 5.92. The fourth-order valence-corrected chi connectivity index (χ4v) is 5.32. The summed E-state index contributed by atoms with van der Waals surface area (Å²) in [6, 6.07) is 24.0. The van der Waals surface area contributed by atoms with Gasteiger partial charge in [0.2, 0.25) is 5.91 Å². The first-order valence-corrected chi connectivity index (χ1v) is 11.9. The molecule has 2 aliphatic rings. The van der Waals surface area contributed by atoms with Crippen molar-refractivity contribution in [2.45, 2.75) is 31.1 Å². The molecule has 6 heteroatoms. The van der Waals surface area contributed by atoms with Gasteiger partial charge in [-0.2, -0.15) is 0 Å². The molecule has 0 bridgehead atoms. The lowest BCUT2D eigenvalue weighted by Gasteiger charge is -2.40. The number of carbonyl (C=O) groups is 3. The van der Waals surface area contributed by atoms with E-state index in [-0.39, 0.29) is 35.5 Å². The van der Waals surface area contributed by atoms with Crippen LogP contribution in [0.25, 0.3) is 0 Å². The lowest BCUT2D eigenvalue weighted by Crippen LogP contribution is -2.41. The highest BCUT2D eigenvalue weighted by atomic mass is 79.9. The van der Waals surface area contributed by atoms with E-state index in [0.29, 0.717) is 29.8 Å². The number of Topliss-reactive ketones (excluding diaryl/α,β-unsaturated/α-hetero) is 1. The number of anilines is 1. The third kappa shape index (κ3) is 4.10. The van der Waals surface area contributed by atoms with Crippen LogP contribution in [0.3, 0.4) is 0 Å². The second kappa shape index (κ2) is 9.03. The van der Waals surface area contributed by atoms with Gasteiger partial charge in [-0.25, -0.2) is 4.79 Å². The number of ketones is 1. The zero-order valence-electron chi connectivity index (χ0n) is 18.3. The van der Waals surface area contributed by atoms with Crippen molar-refractivity contribution >= 4 is 39.3 Å². The zero-order valence-corrected chi connectivity index (χ0v) is 19.9. The van der Waals surface area contributed by atoms with Gasteiger partial charge in [-0.3, -0.25) is 14.5 Å². The molecule has 1 heterocycles. The topological polar surface area (TPSA) is 74.7 Å². The second-order valence-electron chi connectivity index (χ2n) is 8.69. The molecular formula is C28H22BrNO4. The maximum atomic E-state index is 13.6. The van der Waals surface area contributed by atoms with Crippen LogP contribution >= 0.6 is 15.9 Å². The first-order chi connectivity index (χ1) is 16.4. The fourth-order valence-electron chi connectivity index (χ4n) is 5.05. The van der Waals surface area contributed by atoms with E-state index in [1.54, 1.807) is 17.0 Å². The van der Waals surface area contributed by atoms with Crippen LogP contribution in [0.1, 0.15) is 52.6 Å². The number of rotatable bonds is 4. The van der Waals surface area contributed by atoms with Gasteiger partial charge in [-0.15, -0.1) is 0 Å². The number of hydrogen-bond donors (Lipinski definition) is 1. The molecule has 2 atom stereocenters. The van der Waals surface area contributed by atoms with Crippen molar-refractivity contribution in [2.75, 3.05) is 4.90 Å². The van der Waals surface area contributed by atoms with Crippen LogP contribution in [0.5, 0.6) is 0 Å². The highest BCUT2D eigenvalue weighted by molar-refractivity contribution is 9.10. The largest absolute Gasteiger partial charge is 0.478 e. The molecule has 2 unspecified atom stereocenters. The number of carbonyl (C=O) groups excluding carboxylic acids is 2. The number of benzene rings is 3. The first kappa shape index (κ1) is 22.3.